The Kier molecular flexibility index (Phi) is 4.06. The highest BCUT2D eigenvalue weighted by Gasteiger charge is 2.46. The molecule has 3 atom stereocenters. The highest BCUT2D eigenvalue weighted by molar-refractivity contribution is 7.89. The van der Waals surface area contributed by atoms with E-state index < -0.39 is 27.0 Å². The Morgan fingerprint density at radius 1 is 1.17 bits per heavy atom. The highest BCUT2D eigenvalue weighted by Crippen LogP contribution is 2.40. The van der Waals surface area contributed by atoms with Crippen molar-refractivity contribution in [1.82, 2.24) is 4.31 Å². The van der Waals surface area contributed by atoms with Gasteiger partial charge in [0.1, 0.15) is 10.6 Å². The van der Waals surface area contributed by atoms with Crippen LogP contribution in [0.1, 0.15) is 12.8 Å². The summed E-state index contributed by atoms with van der Waals surface area (Å²) in [6.45, 7) is 0.537. The first-order chi connectivity index (χ1) is 10.7. The van der Waals surface area contributed by atoms with Gasteiger partial charge in [0.15, 0.2) is 0 Å². The van der Waals surface area contributed by atoms with Crippen molar-refractivity contribution in [3.05, 3.63) is 24.3 Å². The number of para-hydroxylation sites is 1. The van der Waals surface area contributed by atoms with Gasteiger partial charge in [-0.05, 0) is 36.8 Å². The van der Waals surface area contributed by atoms with E-state index in [0.29, 0.717) is 6.54 Å². The third kappa shape index (κ3) is 3.17. The molecule has 9 heteroatoms. The van der Waals surface area contributed by atoms with E-state index in [4.69, 9.17) is 5.73 Å². The average molecular weight is 350 g/mol. The number of sulfonamides is 1. The van der Waals surface area contributed by atoms with Crippen LogP contribution < -0.4 is 10.5 Å². The number of hydrogen-bond acceptors (Lipinski definition) is 4. The van der Waals surface area contributed by atoms with Crippen LogP contribution >= 0.6 is 0 Å². The Bertz CT molecular complexity index is 693. The van der Waals surface area contributed by atoms with Crippen molar-refractivity contribution in [2.24, 2.45) is 17.6 Å². The third-order valence-corrected chi connectivity index (χ3v) is 6.44. The minimum atomic E-state index is -4.95. The number of hydrogen-bond donors (Lipinski definition) is 1. The van der Waals surface area contributed by atoms with Gasteiger partial charge in [0.05, 0.1) is 0 Å². The van der Waals surface area contributed by atoms with Gasteiger partial charge >= 0.3 is 6.36 Å². The predicted octanol–water partition coefficient (Wildman–Crippen LogP) is 1.94. The molecule has 1 aromatic carbocycles. The number of fused-ring (bicyclic) bond motifs is 1. The maximum Gasteiger partial charge on any atom is 0.573 e. The van der Waals surface area contributed by atoms with Gasteiger partial charge in [-0.25, -0.2) is 8.42 Å². The first-order valence-electron chi connectivity index (χ1n) is 7.29. The maximum atomic E-state index is 12.7. The summed E-state index contributed by atoms with van der Waals surface area (Å²) in [6.07, 6.45) is -3.25. The second kappa shape index (κ2) is 5.64. The summed E-state index contributed by atoms with van der Waals surface area (Å²) in [6, 6.07) is 4.75. The number of rotatable bonds is 3. The second-order valence-electron chi connectivity index (χ2n) is 5.98. The summed E-state index contributed by atoms with van der Waals surface area (Å²) in [5, 5.41) is 0. The molecule has 1 aliphatic heterocycles. The normalized spacial score (nSPS) is 28.8. The van der Waals surface area contributed by atoms with Crippen molar-refractivity contribution in [1.29, 1.82) is 0 Å². The van der Waals surface area contributed by atoms with Gasteiger partial charge < -0.3 is 10.5 Å². The number of nitrogens with two attached hydrogens (primary N) is 1. The lowest BCUT2D eigenvalue weighted by molar-refractivity contribution is -0.275. The molecule has 2 aliphatic rings. The molecule has 0 aromatic heterocycles. The van der Waals surface area contributed by atoms with Crippen molar-refractivity contribution in [3.8, 4) is 5.75 Å². The number of halogens is 3. The summed E-state index contributed by atoms with van der Waals surface area (Å²) < 4.78 is 68.0. The second-order valence-corrected chi connectivity index (χ2v) is 7.89. The zero-order valence-corrected chi connectivity index (χ0v) is 13.0. The van der Waals surface area contributed by atoms with Crippen LogP contribution in [0, 0.1) is 11.8 Å². The Labute approximate surface area is 132 Å². The fourth-order valence-electron chi connectivity index (χ4n) is 3.47. The smallest absolute Gasteiger partial charge is 0.404 e. The van der Waals surface area contributed by atoms with Gasteiger partial charge in [0, 0.05) is 19.1 Å². The van der Waals surface area contributed by atoms with Crippen LogP contribution in [0.15, 0.2) is 29.2 Å². The molecule has 3 unspecified atom stereocenters. The fourth-order valence-corrected chi connectivity index (χ4v) is 5.12. The largest absolute Gasteiger partial charge is 0.573 e. The van der Waals surface area contributed by atoms with E-state index in [1.165, 1.54) is 16.4 Å². The molecule has 3 rings (SSSR count). The third-order valence-electron chi connectivity index (χ3n) is 4.57. The van der Waals surface area contributed by atoms with E-state index in [9.17, 15) is 21.6 Å². The van der Waals surface area contributed by atoms with Gasteiger partial charge in [-0.15, -0.1) is 13.2 Å². The van der Waals surface area contributed by atoms with E-state index >= 15 is 0 Å². The maximum absolute atomic E-state index is 12.7. The molecule has 2 fully saturated rings. The van der Waals surface area contributed by atoms with Gasteiger partial charge in [-0.1, -0.05) is 12.1 Å². The van der Waals surface area contributed by atoms with E-state index in [2.05, 4.69) is 4.74 Å². The van der Waals surface area contributed by atoms with Crippen LogP contribution in [-0.4, -0.2) is 38.2 Å². The van der Waals surface area contributed by atoms with Crippen molar-refractivity contribution in [2.45, 2.75) is 30.1 Å². The van der Waals surface area contributed by atoms with Crippen LogP contribution in [0.3, 0.4) is 0 Å². The quantitative estimate of drug-likeness (QED) is 0.904. The number of ether oxygens (including phenoxy) is 1. The molecule has 1 aliphatic carbocycles. The molecule has 0 bridgehead atoms. The highest BCUT2D eigenvalue weighted by atomic mass is 32.2. The zero-order chi connectivity index (χ0) is 16.8. The average Bonchev–Trinajstić information content (AvgIpc) is 3.00. The lowest BCUT2D eigenvalue weighted by Crippen LogP contribution is -2.34. The predicted molar refractivity (Wildman–Crippen MR) is 76.1 cm³/mol. The Balaban J connectivity index is 1.89. The molecule has 1 saturated carbocycles. The zero-order valence-electron chi connectivity index (χ0n) is 12.2. The molecule has 0 amide bonds. The van der Waals surface area contributed by atoms with Gasteiger partial charge in [0.2, 0.25) is 10.0 Å². The van der Waals surface area contributed by atoms with Crippen LogP contribution in [0.2, 0.25) is 0 Å². The number of benzene rings is 1. The molecule has 128 valence electrons. The number of alkyl halides is 3. The van der Waals surface area contributed by atoms with Crippen LogP contribution in [0.25, 0.3) is 0 Å². The van der Waals surface area contributed by atoms with E-state index in [1.807, 2.05) is 0 Å². The molecule has 0 spiro atoms. The van der Waals surface area contributed by atoms with Crippen molar-refractivity contribution < 1.29 is 26.3 Å². The van der Waals surface area contributed by atoms with Crippen molar-refractivity contribution >= 4 is 10.0 Å². The monoisotopic (exact) mass is 350 g/mol. The molecule has 1 saturated heterocycles. The summed E-state index contributed by atoms with van der Waals surface area (Å²) in [5.41, 5.74) is 5.98. The summed E-state index contributed by atoms with van der Waals surface area (Å²) in [4.78, 5) is -0.467. The van der Waals surface area contributed by atoms with Gasteiger partial charge in [-0.3, -0.25) is 0 Å². The van der Waals surface area contributed by atoms with Crippen LogP contribution in [-0.2, 0) is 10.0 Å². The molecular formula is C14H17F3N2O3S. The molecule has 23 heavy (non-hydrogen) atoms. The molecular weight excluding hydrogens is 333 g/mol. The SMILES string of the molecule is NC1CCC2CN(S(=O)(=O)c3ccccc3OC(F)(F)F)CC12. The topological polar surface area (TPSA) is 72.6 Å². The van der Waals surface area contributed by atoms with Crippen LogP contribution in [0.5, 0.6) is 5.75 Å². The lowest BCUT2D eigenvalue weighted by atomic mass is 9.98. The molecule has 5 nitrogen and oxygen atoms in total. The molecule has 1 heterocycles. The summed E-state index contributed by atoms with van der Waals surface area (Å²) in [7, 11) is -4.05. The summed E-state index contributed by atoms with van der Waals surface area (Å²) in [5.74, 6) is -0.461. The van der Waals surface area contributed by atoms with E-state index in [-0.39, 0.29) is 24.4 Å². The number of nitrogens with zero attached hydrogens (tertiary/aromatic N) is 1. The Morgan fingerprint density at radius 3 is 2.52 bits per heavy atom. The van der Waals surface area contributed by atoms with E-state index in [0.717, 1.165) is 25.0 Å². The molecule has 2 N–H and O–H groups in total. The lowest BCUT2D eigenvalue weighted by Gasteiger charge is -2.20. The minimum absolute atomic E-state index is 0.0538. The molecule has 0 radical (unpaired) electrons. The van der Waals surface area contributed by atoms with Gasteiger partial charge in [-0.2, -0.15) is 4.31 Å². The van der Waals surface area contributed by atoms with Crippen molar-refractivity contribution in [3.63, 3.8) is 0 Å². The Morgan fingerprint density at radius 2 is 1.87 bits per heavy atom. The summed E-state index contributed by atoms with van der Waals surface area (Å²) >= 11 is 0. The first-order valence-corrected chi connectivity index (χ1v) is 8.73. The van der Waals surface area contributed by atoms with Crippen molar-refractivity contribution in [2.75, 3.05) is 13.1 Å². The standard InChI is InChI=1S/C14H17F3N2O3S/c15-14(16,17)22-12-3-1-2-4-13(12)23(20,21)19-7-9-5-6-11(18)10(9)8-19/h1-4,9-11H,5-8,18H2. The van der Waals surface area contributed by atoms with E-state index in [1.54, 1.807) is 0 Å². The first kappa shape index (κ1) is 16.5. The minimum Gasteiger partial charge on any atom is -0.404 e. The fraction of sp³-hybridized carbons (Fsp3) is 0.571. The van der Waals surface area contributed by atoms with Crippen LogP contribution in [0.4, 0.5) is 13.2 Å². The Hall–Kier alpha value is -1.32. The van der Waals surface area contributed by atoms with Gasteiger partial charge in [0.25, 0.3) is 0 Å². The molecule has 1 aromatic rings.